The third-order valence-corrected chi connectivity index (χ3v) is 12.8. The van der Waals surface area contributed by atoms with Crippen molar-refractivity contribution in [2.24, 2.45) is 82.3 Å². The van der Waals surface area contributed by atoms with Crippen LogP contribution in [0.5, 0.6) is 0 Å². The van der Waals surface area contributed by atoms with Crippen LogP contribution < -0.4 is 0 Å². The molecule has 0 radical (unpaired) electrons. The van der Waals surface area contributed by atoms with Gasteiger partial charge in [-0.1, -0.05) is 13.8 Å². The summed E-state index contributed by atoms with van der Waals surface area (Å²) in [6.45, 7) is 4.62. The van der Waals surface area contributed by atoms with Gasteiger partial charge < -0.3 is 0 Å². The van der Waals surface area contributed by atoms with Crippen LogP contribution in [0.3, 0.4) is 0 Å². The molecule has 10 unspecified atom stereocenters. The van der Waals surface area contributed by atoms with E-state index in [9.17, 15) is 5.26 Å². The first-order valence-electron chi connectivity index (χ1n) is 13.1. The van der Waals surface area contributed by atoms with Crippen molar-refractivity contribution < 1.29 is 23.3 Å². The Kier molecular flexibility index (Phi) is 4.04. The molecule has 8 aliphatic rings. The first kappa shape index (κ1) is 20.1. The molecule has 0 aromatic carbocycles. The van der Waals surface area contributed by atoms with Gasteiger partial charge in [-0.05, 0) is 128 Å². The average molecular weight is 439 g/mol. The highest BCUT2D eigenvalue weighted by molar-refractivity contribution is 5.21. The summed E-state index contributed by atoms with van der Waals surface area (Å²) in [6, 6.07) is 0. The van der Waals surface area contributed by atoms with E-state index in [0.29, 0.717) is 59.7 Å². The Bertz CT molecular complexity index is 738. The number of halogens is 3. The molecule has 0 aliphatic heterocycles. The number of rotatable bonds is 3. The van der Waals surface area contributed by atoms with Gasteiger partial charge in [0.2, 0.25) is 0 Å². The summed E-state index contributed by atoms with van der Waals surface area (Å²) in [5, 5.41) is 10.2. The van der Waals surface area contributed by atoms with Crippen molar-refractivity contribution in [2.45, 2.75) is 77.5 Å². The van der Waals surface area contributed by atoms with Crippen molar-refractivity contribution in [1.29, 1.82) is 0 Å². The molecule has 10 atom stereocenters. The molecule has 2 nitrogen and oxygen atoms in total. The number of alkyl halides is 3. The van der Waals surface area contributed by atoms with E-state index in [0.717, 1.165) is 32.1 Å². The van der Waals surface area contributed by atoms with Gasteiger partial charge in [0, 0.05) is 0 Å². The largest absolute Gasteiger partial charge is 0.397 e. The highest BCUT2D eigenvalue weighted by Gasteiger charge is 2.79. The van der Waals surface area contributed by atoms with Crippen LogP contribution in [0.15, 0.2) is 0 Å². The summed E-state index contributed by atoms with van der Waals surface area (Å²) in [7, 11) is 0. The minimum Gasteiger partial charge on any atom is -0.252 e. The van der Waals surface area contributed by atoms with Gasteiger partial charge in [0.25, 0.3) is 0 Å². The minimum absolute atomic E-state index is 0.104. The lowest BCUT2D eigenvalue weighted by atomic mass is 9.46. The maximum absolute atomic E-state index is 15.2. The highest BCUT2D eigenvalue weighted by atomic mass is 19.4. The maximum atomic E-state index is 15.2. The predicted molar refractivity (Wildman–Crippen MR) is 110 cm³/mol. The maximum Gasteiger partial charge on any atom is 0.397 e. The molecule has 0 aromatic rings. The van der Waals surface area contributed by atoms with Crippen LogP contribution in [0.4, 0.5) is 13.2 Å². The van der Waals surface area contributed by atoms with Gasteiger partial charge in [0.15, 0.2) is 0 Å². The lowest BCUT2D eigenvalue weighted by molar-refractivity contribution is -0.386. The fourth-order valence-electron chi connectivity index (χ4n) is 12.1. The molecule has 0 aromatic heterocycles. The second kappa shape index (κ2) is 6.23. The standard InChI is InChI=1S/C26H37F3O2/c1-11-12(2)19-9-18(11)22-17-8-20(23(19)22)25(10-17,26(27,28)29)24(31-30)21-15-4-13-3-14(6-15)7-16(21)5-13/h11-24,30H,3-10H2,1-2H3. The summed E-state index contributed by atoms with van der Waals surface area (Å²) in [4.78, 5) is 5.10. The van der Waals surface area contributed by atoms with Crippen molar-refractivity contribution in [3.63, 3.8) is 0 Å². The molecule has 8 saturated carbocycles. The van der Waals surface area contributed by atoms with Gasteiger partial charge in [-0.15, -0.1) is 0 Å². The Balaban J connectivity index is 1.29. The van der Waals surface area contributed by atoms with Gasteiger partial charge in [0.1, 0.15) is 6.10 Å². The Morgan fingerprint density at radius 3 is 1.94 bits per heavy atom. The fraction of sp³-hybridized carbons (Fsp3) is 1.00. The zero-order valence-corrected chi connectivity index (χ0v) is 18.7. The number of hydrogen-bond acceptors (Lipinski definition) is 2. The molecule has 8 fully saturated rings. The minimum atomic E-state index is -4.31. The van der Waals surface area contributed by atoms with Crippen molar-refractivity contribution in [3.8, 4) is 0 Å². The molecule has 8 aliphatic carbocycles. The van der Waals surface area contributed by atoms with E-state index in [4.69, 9.17) is 4.89 Å². The Hall–Kier alpha value is -0.290. The quantitative estimate of drug-likeness (QED) is 0.303. The fourth-order valence-corrected chi connectivity index (χ4v) is 12.1. The second-order valence-corrected chi connectivity index (χ2v) is 13.3. The van der Waals surface area contributed by atoms with E-state index in [1.807, 2.05) is 0 Å². The first-order valence-corrected chi connectivity index (χ1v) is 13.1. The van der Waals surface area contributed by atoms with Crippen molar-refractivity contribution in [3.05, 3.63) is 0 Å². The van der Waals surface area contributed by atoms with E-state index in [2.05, 4.69) is 13.8 Å². The first-order chi connectivity index (χ1) is 14.7. The van der Waals surface area contributed by atoms with E-state index < -0.39 is 17.7 Å². The van der Waals surface area contributed by atoms with Crippen molar-refractivity contribution in [2.75, 3.05) is 0 Å². The van der Waals surface area contributed by atoms with Gasteiger partial charge in [-0.2, -0.15) is 13.2 Å². The average Bonchev–Trinajstić information content (AvgIpc) is 3.42. The predicted octanol–water partition coefficient (Wildman–Crippen LogP) is 6.66. The molecule has 0 spiro atoms. The third-order valence-electron chi connectivity index (χ3n) is 12.8. The summed E-state index contributed by atoms with van der Waals surface area (Å²) in [5.41, 5.74) is -1.83. The van der Waals surface area contributed by atoms with Crippen molar-refractivity contribution in [1.82, 2.24) is 0 Å². The molecule has 31 heavy (non-hydrogen) atoms. The van der Waals surface area contributed by atoms with E-state index >= 15 is 13.2 Å². The summed E-state index contributed by atoms with van der Waals surface area (Å²) in [5.74, 6) is 4.73. The lowest BCUT2D eigenvalue weighted by Crippen LogP contribution is -2.62. The van der Waals surface area contributed by atoms with Crippen LogP contribution >= 0.6 is 0 Å². The van der Waals surface area contributed by atoms with Gasteiger partial charge >= 0.3 is 6.18 Å². The smallest absolute Gasteiger partial charge is 0.252 e. The molecule has 1 N–H and O–H groups in total. The molecule has 0 amide bonds. The molecule has 174 valence electrons. The lowest BCUT2D eigenvalue weighted by Gasteiger charge is -2.60. The third kappa shape index (κ3) is 2.29. The number of fused-ring (bicyclic) bond motifs is 9. The van der Waals surface area contributed by atoms with Crippen LogP contribution in [-0.4, -0.2) is 17.5 Å². The van der Waals surface area contributed by atoms with E-state index in [-0.39, 0.29) is 30.1 Å². The van der Waals surface area contributed by atoms with Crippen LogP contribution in [0.1, 0.15) is 65.2 Å². The Morgan fingerprint density at radius 2 is 1.39 bits per heavy atom. The summed E-state index contributed by atoms with van der Waals surface area (Å²) < 4.78 is 45.6. The zero-order valence-electron chi connectivity index (χ0n) is 18.7. The zero-order chi connectivity index (χ0) is 21.4. The topological polar surface area (TPSA) is 29.5 Å². The second-order valence-electron chi connectivity index (χ2n) is 13.3. The van der Waals surface area contributed by atoms with Gasteiger partial charge in [-0.25, -0.2) is 4.89 Å². The monoisotopic (exact) mass is 438 g/mol. The Labute approximate surface area is 183 Å². The van der Waals surface area contributed by atoms with Crippen LogP contribution in [0.2, 0.25) is 0 Å². The molecular formula is C26H37F3O2. The van der Waals surface area contributed by atoms with Gasteiger partial charge in [-0.3, -0.25) is 5.26 Å². The molecule has 5 heteroatoms. The summed E-state index contributed by atoms with van der Waals surface area (Å²) >= 11 is 0. The molecule has 0 saturated heterocycles. The molecule has 8 bridgehead atoms. The molecular weight excluding hydrogens is 401 g/mol. The van der Waals surface area contributed by atoms with Crippen molar-refractivity contribution >= 4 is 0 Å². The van der Waals surface area contributed by atoms with Crippen LogP contribution in [-0.2, 0) is 4.89 Å². The van der Waals surface area contributed by atoms with Crippen LogP contribution in [0, 0.1) is 82.3 Å². The Morgan fingerprint density at radius 1 is 0.806 bits per heavy atom. The van der Waals surface area contributed by atoms with E-state index in [1.165, 1.54) is 6.42 Å². The highest BCUT2D eigenvalue weighted by Crippen LogP contribution is 2.78. The molecule has 8 rings (SSSR count). The van der Waals surface area contributed by atoms with E-state index in [1.54, 1.807) is 0 Å². The SMILES string of the molecule is CC1C(C)C2CC1C1C3CC(C21)C(C(OO)C1C2CC4CC(C2)CC1C4)(C(F)(F)F)C3. The van der Waals surface area contributed by atoms with Crippen LogP contribution in [0.25, 0.3) is 0 Å². The summed E-state index contributed by atoms with van der Waals surface area (Å²) in [6.07, 6.45) is 2.23. The molecule has 0 heterocycles. The normalized spacial score (nSPS) is 61.9. The van der Waals surface area contributed by atoms with Gasteiger partial charge in [0.05, 0.1) is 5.41 Å². The number of hydrogen-bond donors (Lipinski definition) is 1.